The molecule has 0 fully saturated rings. The van der Waals surface area contributed by atoms with E-state index in [4.69, 9.17) is 0 Å². The third kappa shape index (κ3) is 4.44. The van der Waals surface area contributed by atoms with Gasteiger partial charge in [0.2, 0.25) is 5.91 Å². The second-order valence-corrected chi connectivity index (χ2v) is 3.40. The molecular weight excluding hydrogens is 170 g/mol. The zero-order valence-electron chi connectivity index (χ0n) is 7.88. The summed E-state index contributed by atoms with van der Waals surface area (Å²) in [6.45, 7) is 9.22. The average Bonchev–Trinajstić information content (AvgIpc) is 2.07. The SMILES string of the molecule is C=CCSCC(=O)N(CC)CC. The van der Waals surface area contributed by atoms with E-state index in [0.717, 1.165) is 18.8 Å². The Balaban J connectivity index is 3.61. The summed E-state index contributed by atoms with van der Waals surface area (Å²) in [5.74, 6) is 1.66. The van der Waals surface area contributed by atoms with E-state index >= 15 is 0 Å². The Kier molecular flexibility index (Phi) is 6.96. The predicted octanol–water partition coefficient (Wildman–Crippen LogP) is 1.77. The van der Waals surface area contributed by atoms with E-state index in [2.05, 4.69) is 6.58 Å². The van der Waals surface area contributed by atoms with E-state index < -0.39 is 0 Å². The number of nitrogens with zero attached hydrogens (tertiary/aromatic N) is 1. The average molecular weight is 187 g/mol. The maximum atomic E-state index is 11.4. The monoisotopic (exact) mass is 187 g/mol. The van der Waals surface area contributed by atoms with E-state index in [1.807, 2.05) is 24.8 Å². The van der Waals surface area contributed by atoms with Gasteiger partial charge in [-0.2, -0.15) is 0 Å². The van der Waals surface area contributed by atoms with Crippen LogP contribution in [0.15, 0.2) is 12.7 Å². The molecule has 0 radical (unpaired) electrons. The number of carbonyl (C=O) groups excluding carboxylic acids is 1. The van der Waals surface area contributed by atoms with Crippen molar-refractivity contribution in [2.45, 2.75) is 13.8 Å². The van der Waals surface area contributed by atoms with E-state index in [1.165, 1.54) is 0 Å². The first-order chi connectivity index (χ1) is 5.76. The van der Waals surface area contributed by atoms with Crippen molar-refractivity contribution in [3.05, 3.63) is 12.7 Å². The summed E-state index contributed by atoms with van der Waals surface area (Å²) in [6, 6.07) is 0. The van der Waals surface area contributed by atoms with Gasteiger partial charge in [-0.3, -0.25) is 4.79 Å². The van der Waals surface area contributed by atoms with Crippen LogP contribution in [0.1, 0.15) is 13.8 Å². The number of amides is 1. The Morgan fingerprint density at radius 1 is 1.50 bits per heavy atom. The largest absolute Gasteiger partial charge is 0.343 e. The highest BCUT2D eigenvalue weighted by Gasteiger charge is 2.07. The van der Waals surface area contributed by atoms with Crippen LogP contribution in [0.5, 0.6) is 0 Å². The van der Waals surface area contributed by atoms with Gasteiger partial charge in [0.05, 0.1) is 5.75 Å². The number of hydrogen-bond donors (Lipinski definition) is 0. The van der Waals surface area contributed by atoms with Gasteiger partial charge in [0.25, 0.3) is 0 Å². The van der Waals surface area contributed by atoms with E-state index in [-0.39, 0.29) is 5.91 Å². The maximum absolute atomic E-state index is 11.4. The number of carbonyl (C=O) groups is 1. The van der Waals surface area contributed by atoms with Crippen LogP contribution >= 0.6 is 11.8 Å². The summed E-state index contributed by atoms with van der Waals surface area (Å²) in [7, 11) is 0. The third-order valence-corrected chi connectivity index (χ3v) is 2.50. The van der Waals surface area contributed by atoms with Crippen LogP contribution in [0.2, 0.25) is 0 Å². The van der Waals surface area contributed by atoms with Crippen molar-refractivity contribution >= 4 is 17.7 Å². The molecule has 0 heterocycles. The lowest BCUT2D eigenvalue weighted by molar-refractivity contribution is -0.127. The highest BCUT2D eigenvalue weighted by molar-refractivity contribution is 8.00. The zero-order chi connectivity index (χ0) is 9.40. The lowest BCUT2D eigenvalue weighted by atomic mass is 10.5. The van der Waals surface area contributed by atoms with Crippen molar-refractivity contribution in [1.82, 2.24) is 4.90 Å². The van der Waals surface area contributed by atoms with Crippen LogP contribution in [-0.2, 0) is 4.79 Å². The summed E-state index contributed by atoms with van der Waals surface area (Å²) in [4.78, 5) is 13.2. The van der Waals surface area contributed by atoms with Crippen LogP contribution in [-0.4, -0.2) is 35.4 Å². The maximum Gasteiger partial charge on any atom is 0.232 e. The molecular formula is C9H17NOS. The molecule has 1 amide bonds. The minimum atomic E-state index is 0.229. The molecule has 0 spiro atoms. The molecule has 0 saturated heterocycles. The van der Waals surface area contributed by atoms with Crippen molar-refractivity contribution in [3.63, 3.8) is 0 Å². The molecule has 0 N–H and O–H groups in total. The highest BCUT2D eigenvalue weighted by Crippen LogP contribution is 2.02. The van der Waals surface area contributed by atoms with Crippen molar-refractivity contribution in [2.75, 3.05) is 24.6 Å². The van der Waals surface area contributed by atoms with Gasteiger partial charge in [0, 0.05) is 18.8 Å². The fourth-order valence-electron chi connectivity index (χ4n) is 0.897. The molecule has 0 aliphatic carbocycles. The van der Waals surface area contributed by atoms with Crippen molar-refractivity contribution in [1.29, 1.82) is 0 Å². The first-order valence-electron chi connectivity index (χ1n) is 4.22. The molecule has 2 nitrogen and oxygen atoms in total. The summed E-state index contributed by atoms with van der Waals surface area (Å²) < 4.78 is 0. The molecule has 0 aliphatic heterocycles. The van der Waals surface area contributed by atoms with Crippen molar-refractivity contribution in [2.24, 2.45) is 0 Å². The van der Waals surface area contributed by atoms with Crippen LogP contribution in [0.25, 0.3) is 0 Å². The first kappa shape index (κ1) is 11.6. The molecule has 3 heteroatoms. The number of thioether (sulfide) groups is 1. The van der Waals surface area contributed by atoms with Gasteiger partial charge in [-0.1, -0.05) is 6.08 Å². The molecule has 70 valence electrons. The zero-order valence-corrected chi connectivity index (χ0v) is 8.69. The van der Waals surface area contributed by atoms with Gasteiger partial charge in [0.1, 0.15) is 0 Å². The Bertz CT molecular complexity index is 143. The molecule has 0 unspecified atom stereocenters. The Morgan fingerprint density at radius 2 is 2.08 bits per heavy atom. The molecule has 0 aliphatic rings. The standard InChI is InChI=1S/C9H17NOS/c1-4-7-12-8-9(11)10(5-2)6-3/h4H,1,5-8H2,2-3H3. The second kappa shape index (κ2) is 7.22. The van der Waals surface area contributed by atoms with Gasteiger partial charge >= 0.3 is 0 Å². The van der Waals surface area contributed by atoms with Gasteiger partial charge in [-0.25, -0.2) is 0 Å². The summed E-state index contributed by atoms with van der Waals surface area (Å²) in [6.07, 6.45) is 1.82. The van der Waals surface area contributed by atoms with E-state index in [9.17, 15) is 4.79 Å². The van der Waals surface area contributed by atoms with Crippen LogP contribution in [0.4, 0.5) is 0 Å². The van der Waals surface area contributed by atoms with Crippen LogP contribution in [0.3, 0.4) is 0 Å². The minimum Gasteiger partial charge on any atom is -0.343 e. The first-order valence-corrected chi connectivity index (χ1v) is 5.38. The number of rotatable bonds is 6. The van der Waals surface area contributed by atoms with Gasteiger partial charge in [-0.15, -0.1) is 18.3 Å². The molecule has 0 aromatic heterocycles. The molecule has 0 bridgehead atoms. The van der Waals surface area contributed by atoms with Crippen LogP contribution in [0, 0.1) is 0 Å². The molecule has 0 aromatic rings. The fraction of sp³-hybridized carbons (Fsp3) is 0.667. The molecule has 0 rings (SSSR count). The summed E-state index contributed by atoms with van der Waals surface area (Å²) in [5, 5.41) is 0. The van der Waals surface area contributed by atoms with Gasteiger partial charge in [0.15, 0.2) is 0 Å². The normalized spacial score (nSPS) is 9.50. The van der Waals surface area contributed by atoms with Crippen molar-refractivity contribution in [3.8, 4) is 0 Å². The summed E-state index contributed by atoms with van der Waals surface area (Å²) >= 11 is 1.61. The molecule has 0 atom stereocenters. The fourth-order valence-corrected chi connectivity index (χ4v) is 1.54. The smallest absolute Gasteiger partial charge is 0.232 e. The Hall–Kier alpha value is -0.440. The Labute approximate surface area is 79.0 Å². The van der Waals surface area contributed by atoms with Crippen molar-refractivity contribution < 1.29 is 4.79 Å². The molecule has 12 heavy (non-hydrogen) atoms. The van der Waals surface area contributed by atoms with Gasteiger partial charge in [-0.05, 0) is 13.8 Å². The predicted molar refractivity (Wildman–Crippen MR) is 55.5 cm³/mol. The minimum absolute atomic E-state index is 0.229. The molecule has 0 saturated carbocycles. The van der Waals surface area contributed by atoms with E-state index in [1.54, 1.807) is 11.8 Å². The second-order valence-electron chi connectivity index (χ2n) is 2.37. The quantitative estimate of drug-likeness (QED) is 0.466. The van der Waals surface area contributed by atoms with Gasteiger partial charge < -0.3 is 4.90 Å². The topological polar surface area (TPSA) is 20.3 Å². The highest BCUT2D eigenvalue weighted by atomic mass is 32.2. The summed E-state index contributed by atoms with van der Waals surface area (Å²) in [5.41, 5.74) is 0. The molecule has 0 aromatic carbocycles. The lowest BCUT2D eigenvalue weighted by Gasteiger charge is -2.17. The lowest BCUT2D eigenvalue weighted by Crippen LogP contribution is -2.31. The Morgan fingerprint density at radius 3 is 2.50 bits per heavy atom. The van der Waals surface area contributed by atoms with Crippen LogP contribution < -0.4 is 0 Å². The third-order valence-electron chi connectivity index (χ3n) is 1.58. The van der Waals surface area contributed by atoms with E-state index in [0.29, 0.717) is 5.75 Å². The number of hydrogen-bond acceptors (Lipinski definition) is 2.